The van der Waals surface area contributed by atoms with Crippen LogP contribution in [0.1, 0.15) is 0 Å². The summed E-state index contributed by atoms with van der Waals surface area (Å²) in [6.07, 6.45) is 1.90. The molecule has 1 rings (SSSR count). The van der Waals surface area contributed by atoms with E-state index in [0.717, 1.165) is 4.90 Å². The lowest BCUT2D eigenvalue weighted by atomic mass is 9.80. The summed E-state index contributed by atoms with van der Waals surface area (Å²) in [7, 11) is -1.45. The van der Waals surface area contributed by atoms with Gasteiger partial charge < -0.3 is 10.0 Å². The van der Waals surface area contributed by atoms with E-state index >= 15 is 0 Å². The van der Waals surface area contributed by atoms with Crippen LogP contribution in [0.15, 0.2) is 23.1 Å². The Morgan fingerprint density at radius 2 is 2.00 bits per heavy atom. The Bertz CT molecular complexity index is 280. The van der Waals surface area contributed by atoms with Gasteiger partial charge in [0.05, 0.1) is 0 Å². The van der Waals surface area contributed by atoms with E-state index in [2.05, 4.69) is 0 Å². The maximum absolute atomic E-state index is 8.86. The van der Waals surface area contributed by atoms with Crippen LogP contribution in [0.25, 0.3) is 0 Å². The molecule has 0 spiro atoms. The van der Waals surface area contributed by atoms with Gasteiger partial charge in [0.15, 0.2) is 0 Å². The molecule has 0 bridgehead atoms. The van der Waals surface area contributed by atoms with Crippen molar-refractivity contribution in [1.29, 1.82) is 0 Å². The second kappa shape index (κ2) is 4.19. The maximum Gasteiger partial charge on any atom is 0.488 e. The van der Waals surface area contributed by atoms with E-state index in [1.54, 1.807) is 12.1 Å². The van der Waals surface area contributed by atoms with Crippen molar-refractivity contribution < 1.29 is 10.0 Å². The summed E-state index contributed by atoms with van der Waals surface area (Å²) in [5.74, 6) is 0. The van der Waals surface area contributed by atoms with Gasteiger partial charge in [0.25, 0.3) is 0 Å². The van der Waals surface area contributed by atoms with Crippen molar-refractivity contribution in [2.75, 3.05) is 6.26 Å². The minimum absolute atomic E-state index is 0.423. The van der Waals surface area contributed by atoms with Crippen molar-refractivity contribution in [2.24, 2.45) is 0 Å². The van der Waals surface area contributed by atoms with E-state index in [1.807, 2.05) is 6.26 Å². The molecule has 0 atom stereocenters. The molecule has 2 N–H and O–H groups in total. The van der Waals surface area contributed by atoms with Crippen LogP contribution in [0.2, 0.25) is 5.02 Å². The van der Waals surface area contributed by atoms with Crippen LogP contribution >= 0.6 is 23.4 Å². The summed E-state index contributed by atoms with van der Waals surface area (Å²) in [5, 5.41) is 18.2. The molecule has 12 heavy (non-hydrogen) atoms. The highest BCUT2D eigenvalue weighted by Crippen LogP contribution is 2.17. The maximum atomic E-state index is 8.86. The molecule has 0 fully saturated rings. The van der Waals surface area contributed by atoms with Crippen molar-refractivity contribution in [1.82, 2.24) is 0 Å². The summed E-state index contributed by atoms with van der Waals surface area (Å²) in [6, 6.07) is 5.01. The first kappa shape index (κ1) is 9.93. The Hall–Kier alpha value is -0.155. The van der Waals surface area contributed by atoms with Gasteiger partial charge in [-0.25, -0.2) is 0 Å². The Kier molecular flexibility index (Phi) is 3.46. The average Bonchev–Trinajstić information content (AvgIpc) is 2.03. The Labute approximate surface area is 80.7 Å². The van der Waals surface area contributed by atoms with Gasteiger partial charge >= 0.3 is 7.12 Å². The smallest absolute Gasteiger partial charge is 0.423 e. The molecule has 0 saturated carbocycles. The molecule has 0 aromatic heterocycles. The SMILES string of the molecule is CSc1cc(Cl)cc(B(O)O)c1. The van der Waals surface area contributed by atoms with Crippen molar-refractivity contribution >= 4 is 35.9 Å². The van der Waals surface area contributed by atoms with Gasteiger partial charge in [-0.3, -0.25) is 0 Å². The molecule has 0 saturated heterocycles. The highest BCUT2D eigenvalue weighted by Gasteiger charge is 2.11. The minimum atomic E-state index is -1.45. The van der Waals surface area contributed by atoms with Crippen LogP contribution in [0, 0.1) is 0 Å². The number of benzene rings is 1. The largest absolute Gasteiger partial charge is 0.488 e. The number of hydrogen-bond acceptors (Lipinski definition) is 3. The lowest BCUT2D eigenvalue weighted by Crippen LogP contribution is -2.29. The van der Waals surface area contributed by atoms with Gasteiger partial charge in [-0.05, 0) is 29.9 Å². The van der Waals surface area contributed by atoms with Crippen LogP contribution in [0.5, 0.6) is 0 Å². The standard InChI is InChI=1S/C7H8BClO2S/c1-12-7-3-5(8(10)11)2-6(9)4-7/h2-4,10-11H,1H3. The molecule has 64 valence electrons. The molecule has 0 aliphatic carbocycles. The molecule has 0 radical (unpaired) electrons. The Morgan fingerprint density at radius 1 is 1.33 bits per heavy atom. The van der Waals surface area contributed by atoms with Crippen molar-refractivity contribution in [3.05, 3.63) is 23.2 Å². The molecular formula is C7H8BClO2S. The van der Waals surface area contributed by atoms with E-state index in [0.29, 0.717) is 10.5 Å². The van der Waals surface area contributed by atoms with E-state index in [1.165, 1.54) is 17.8 Å². The summed E-state index contributed by atoms with van der Waals surface area (Å²) >= 11 is 7.25. The molecule has 1 aromatic carbocycles. The van der Waals surface area contributed by atoms with Gasteiger partial charge in [-0.15, -0.1) is 11.8 Å². The zero-order valence-electron chi connectivity index (χ0n) is 6.49. The van der Waals surface area contributed by atoms with Crippen LogP contribution in [-0.2, 0) is 0 Å². The summed E-state index contributed by atoms with van der Waals surface area (Å²) < 4.78 is 0. The molecule has 0 heterocycles. The predicted molar refractivity (Wildman–Crippen MR) is 53.1 cm³/mol. The first-order valence-corrected chi connectivity index (χ1v) is 4.94. The van der Waals surface area contributed by atoms with Gasteiger partial charge in [-0.1, -0.05) is 11.6 Å². The monoisotopic (exact) mass is 202 g/mol. The van der Waals surface area contributed by atoms with E-state index in [9.17, 15) is 0 Å². The van der Waals surface area contributed by atoms with Gasteiger partial charge in [0.1, 0.15) is 0 Å². The van der Waals surface area contributed by atoms with Crippen molar-refractivity contribution in [3.8, 4) is 0 Å². The highest BCUT2D eigenvalue weighted by molar-refractivity contribution is 7.98. The fraction of sp³-hybridized carbons (Fsp3) is 0.143. The lowest BCUT2D eigenvalue weighted by Gasteiger charge is -2.02. The number of halogens is 1. The Balaban J connectivity index is 3.06. The second-order valence-corrected chi connectivity index (χ2v) is 3.61. The van der Waals surface area contributed by atoms with Crippen LogP contribution in [0.4, 0.5) is 0 Å². The third kappa shape index (κ3) is 2.42. The molecule has 0 aliphatic heterocycles. The fourth-order valence-corrected chi connectivity index (χ4v) is 1.66. The quantitative estimate of drug-likeness (QED) is 0.549. The zero-order chi connectivity index (χ0) is 9.14. The van der Waals surface area contributed by atoms with Gasteiger partial charge in [0.2, 0.25) is 0 Å². The predicted octanol–water partition coefficient (Wildman–Crippen LogP) is 0.742. The Morgan fingerprint density at radius 3 is 2.50 bits per heavy atom. The van der Waals surface area contributed by atoms with Gasteiger partial charge in [0, 0.05) is 9.92 Å². The molecular weight excluding hydrogens is 194 g/mol. The van der Waals surface area contributed by atoms with Crippen LogP contribution in [-0.4, -0.2) is 23.4 Å². The second-order valence-electron chi connectivity index (χ2n) is 2.30. The average molecular weight is 202 g/mol. The molecule has 2 nitrogen and oxygen atoms in total. The summed E-state index contributed by atoms with van der Waals surface area (Å²) in [5.41, 5.74) is 0.423. The first-order valence-electron chi connectivity index (χ1n) is 3.34. The highest BCUT2D eigenvalue weighted by atomic mass is 35.5. The summed E-state index contributed by atoms with van der Waals surface area (Å²) in [4.78, 5) is 0.922. The number of hydrogen-bond donors (Lipinski definition) is 2. The zero-order valence-corrected chi connectivity index (χ0v) is 8.06. The summed E-state index contributed by atoms with van der Waals surface area (Å²) in [6.45, 7) is 0. The third-order valence-corrected chi connectivity index (χ3v) is 2.35. The van der Waals surface area contributed by atoms with Crippen molar-refractivity contribution in [3.63, 3.8) is 0 Å². The minimum Gasteiger partial charge on any atom is -0.423 e. The number of thioether (sulfide) groups is 1. The van der Waals surface area contributed by atoms with E-state index < -0.39 is 7.12 Å². The normalized spacial score (nSPS) is 10.0. The molecule has 5 heteroatoms. The van der Waals surface area contributed by atoms with Gasteiger partial charge in [-0.2, -0.15) is 0 Å². The molecule has 0 aliphatic rings. The fourth-order valence-electron chi connectivity index (χ4n) is 0.851. The molecule has 1 aromatic rings. The topological polar surface area (TPSA) is 40.5 Å². The first-order chi connectivity index (χ1) is 5.63. The lowest BCUT2D eigenvalue weighted by molar-refractivity contribution is 0.425. The van der Waals surface area contributed by atoms with E-state index in [-0.39, 0.29) is 0 Å². The number of rotatable bonds is 2. The molecule has 0 unspecified atom stereocenters. The van der Waals surface area contributed by atoms with Crippen molar-refractivity contribution in [2.45, 2.75) is 4.90 Å². The van der Waals surface area contributed by atoms with Crippen LogP contribution in [0.3, 0.4) is 0 Å². The molecule has 0 amide bonds. The van der Waals surface area contributed by atoms with Crippen LogP contribution < -0.4 is 5.46 Å². The third-order valence-electron chi connectivity index (χ3n) is 1.43. The van der Waals surface area contributed by atoms with E-state index in [4.69, 9.17) is 21.6 Å².